The Labute approximate surface area is 97.2 Å². The summed E-state index contributed by atoms with van der Waals surface area (Å²) in [7, 11) is 2.81. The summed E-state index contributed by atoms with van der Waals surface area (Å²) in [5.74, 6) is -0.815. The maximum atomic E-state index is 10.6. The van der Waals surface area contributed by atoms with Gasteiger partial charge in [-0.25, -0.2) is 4.79 Å². The molecule has 1 unspecified atom stereocenters. The maximum absolute atomic E-state index is 10.6. The standard InChI is InChI=1S/C10H11ClO5/c1-15-6-4-3-5(8(12)10(13)14)7(11)9(6)16-2/h3-4,8,12H,1-2H3,(H,13,14). The second-order valence-corrected chi connectivity index (χ2v) is 3.32. The average Bonchev–Trinajstić information content (AvgIpc) is 2.27. The molecule has 0 saturated heterocycles. The SMILES string of the molecule is COc1ccc(C(O)C(=O)O)c(Cl)c1OC. The Morgan fingerprint density at radius 2 is 2.00 bits per heavy atom. The van der Waals surface area contributed by atoms with Gasteiger partial charge in [0.25, 0.3) is 0 Å². The monoisotopic (exact) mass is 246 g/mol. The highest BCUT2D eigenvalue weighted by Gasteiger charge is 2.23. The largest absolute Gasteiger partial charge is 0.493 e. The third-order valence-corrected chi connectivity index (χ3v) is 2.43. The van der Waals surface area contributed by atoms with Gasteiger partial charge in [-0.2, -0.15) is 0 Å². The molecule has 0 bridgehead atoms. The van der Waals surface area contributed by atoms with E-state index in [4.69, 9.17) is 26.2 Å². The Morgan fingerprint density at radius 3 is 2.44 bits per heavy atom. The van der Waals surface area contributed by atoms with Crippen molar-refractivity contribution in [1.29, 1.82) is 0 Å². The molecule has 2 N–H and O–H groups in total. The maximum Gasteiger partial charge on any atom is 0.337 e. The number of carboxylic acids is 1. The van der Waals surface area contributed by atoms with Gasteiger partial charge >= 0.3 is 5.97 Å². The van der Waals surface area contributed by atoms with Crippen molar-refractivity contribution in [3.63, 3.8) is 0 Å². The summed E-state index contributed by atoms with van der Waals surface area (Å²) >= 11 is 5.90. The Kier molecular flexibility index (Phi) is 3.98. The van der Waals surface area contributed by atoms with E-state index in [9.17, 15) is 9.90 Å². The van der Waals surface area contributed by atoms with Gasteiger partial charge in [0.1, 0.15) is 0 Å². The molecular formula is C10H11ClO5. The van der Waals surface area contributed by atoms with Crippen LogP contribution in [0.5, 0.6) is 11.5 Å². The highest BCUT2D eigenvalue weighted by atomic mass is 35.5. The van der Waals surface area contributed by atoms with Crippen molar-refractivity contribution in [1.82, 2.24) is 0 Å². The van der Waals surface area contributed by atoms with Gasteiger partial charge in [0.2, 0.25) is 0 Å². The number of ether oxygens (including phenoxy) is 2. The zero-order chi connectivity index (χ0) is 12.3. The van der Waals surface area contributed by atoms with Crippen LogP contribution in [0.2, 0.25) is 5.02 Å². The van der Waals surface area contributed by atoms with Crippen molar-refractivity contribution in [2.24, 2.45) is 0 Å². The van der Waals surface area contributed by atoms with Crippen molar-refractivity contribution >= 4 is 17.6 Å². The van der Waals surface area contributed by atoms with Gasteiger partial charge in [-0.1, -0.05) is 17.7 Å². The summed E-state index contributed by atoms with van der Waals surface area (Å²) in [6, 6.07) is 2.86. The molecule has 0 aliphatic carbocycles. The number of benzene rings is 1. The van der Waals surface area contributed by atoms with Crippen LogP contribution in [-0.4, -0.2) is 30.4 Å². The topological polar surface area (TPSA) is 76.0 Å². The number of aliphatic carboxylic acids is 1. The van der Waals surface area contributed by atoms with Crippen LogP contribution < -0.4 is 9.47 Å². The highest BCUT2D eigenvalue weighted by molar-refractivity contribution is 6.33. The number of rotatable bonds is 4. The van der Waals surface area contributed by atoms with E-state index in [1.165, 1.54) is 26.4 Å². The van der Waals surface area contributed by atoms with Crippen LogP contribution in [0.1, 0.15) is 11.7 Å². The summed E-state index contributed by atoms with van der Waals surface area (Å²) in [6.07, 6.45) is -1.69. The first-order valence-corrected chi connectivity index (χ1v) is 4.72. The summed E-state index contributed by atoms with van der Waals surface area (Å²) < 4.78 is 9.95. The molecule has 0 aliphatic rings. The molecule has 1 atom stereocenters. The zero-order valence-corrected chi connectivity index (χ0v) is 9.49. The minimum atomic E-state index is -1.69. The minimum Gasteiger partial charge on any atom is -0.493 e. The minimum absolute atomic E-state index is 0.0248. The fraction of sp³-hybridized carbons (Fsp3) is 0.300. The van der Waals surface area contributed by atoms with E-state index in [0.29, 0.717) is 5.75 Å². The molecule has 6 heteroatoms. The lowest BCUT2D eigenvalue weighted by atomic mass is 10.1. The van der Waals surface area contributed by atoms with Gasteiger partial charge in [-0.3, -0.25) is 0 Å². The molecule has 16 heavy (non-hydrogen) atoms. The lowest BCUT2D eigenvalue weighted by Gasteiger charge is -2.14. The highest BCUT2D eigenvalue weighted by Crippen LogP contribution is 2.39. The number of carbonyl (C=O) groups is 1. The van der Waals surface area contributed by atoms with Crippen LogP contribution in [0.4, 0.5) is 0 Å². The molecule has 1 rings (SSSR count). The summed E-state index contributed by atoms with van der Waals surface area (Å²) in [5, 5.41) is 18.1. The number of halogens is 1. The van der Waals surface area contributed by atoms with Crippen LogP contribution in [0.25, 0.3) is 0 Å². The number of carboxylic acid groups (broad SMARTS) is 1. The van der Waals surface area contributed by atoms with Crippen molar-refractivity contribution < 1.29 is 24.5 Å². The quantitative estimate of drug-likeness (QED) is 0.842. The number of aliphatic hydroxyl groups excluding tert-OH is 1. The van der Waals surface area contributed by atoms with Gasteiger partial charge in [-0.05, 0) is 6.07 Å². The van der Waals surface area contributed by atoms with Crippen LogP contribution >= 0.6 is 11.6 Å². The molecular weight excluding hydrogens is 236 g/mol. The van der Waals surface area contributed by atoms with E-state index in [1.807, 2.05) is 0 Å². The van der Waals surface area contributed by atoms with E-state index in [1.54, 1.807) is 0 Å². The predicted octanol–water partition coefficient (Wildman–Crippen LogP) is 1.48. The van der Waals surface area contributed by atoms with Gasteiger partial charge in [-0.15, -0.1) is 0 Å². The molecule has 0 fully saturated rings. The van der Waals surface area contributed by atoms with Crippen LogP contribution in [0.15, 0.2) is 12.1 Å². The van der Waals surface area contributed by atoms with Crippen molar-refractivity contribution in [2.45, 2.75) is 6.10 Å². The van der Waals surface area contributed by atoms with E-state index >= 15 is 0 Å². The molecule has 0 amide bonds. The molecule has 0 heterocycles. The molecule has 1 aromatic rings. The number of hydrogen-bond acceptors (Lipinski definition) is 4. The van der Waals surface area contributed by atoms with Gasteiger partial charge < -0.3 is 19.7 Å². The zero-order valence-electron chi connectivity index (χ0n) is 8.73. The van der Waals surface area contributed by atoms with Gasteiger partial charge in [0.05, 0.1) is 19.2 Å². The number of hydrogen-bond donors (Lipinski definition) is 2. The van der Waals surface area contributed by atoms with Crippen LogP contribution in [0, 0.1) is 0 Å². The lowest BCUT2D eigenvalue weighted by Crippen LogP contribution is -2.11. The molecule has 0 radical (unpaired) electrons. The molecule has 0 spiro atoms. The number of methoxy groups -OCH3 is 2. The van der Waals surface area contributed by atoms with Gasteiger partial charge in [0, 0.05) is 5.56 Å². The fourth-order valence-electron chi connectivity index (χ4n) is 1.25. The summed E-state index contributed by atoms with van der Waals surface area (Å²) in [6.45, 7) is 0. The predicted molar refractivity (Wildman–Crippen MR) is 57.2 cm³/mol. The molecule has 88 valence electrons. The van der Waals surface area contributed by atoms with Crippen LogP contribution in [-0.2, 0) is 4.79 Å². The first-order chi connectivity index (χ1) is 7.52. The van der Waals surface area contributed by atoms with Crippen molar-refractivity contribution in [3.8, 4) is 11.5 Å². The van der Waals surface area contributed by atoms with E-state index in [2.05, 4.69) is 0 Å². The van der Waals surface area contributed by atoms with Crippen LogP contribution in [0.3, 0.4) is 0 Å². The van der Waals surface area contributed by atoms with Crippen molar-refractivity contribution in [2.75, 3.05) is 14.2 Å². The smallest absolute Gasteiger partial charge is 0.337 e. The Morgan fingerprint density at radius 1 is 1.38 bits per heavy atom. The Balaban J connectivity index is 3.29. The second-order valence-electron chi connectivity index (χ2n) is 2.95. The first-order valence-electron chi connectivity index (χ1n) is 4.34. The number of aliphatic hydroxyl groups is 1. The van der Waals surface area contributed by atoms with E-state index < -0.39 is 12.1 Å². The molecule has 0 aromatic heterocycles. The molecule has 1 aromatic carbocycles. The lowest BCUT2D eigenvalue weighted by molar-refractivity contribution is -0.146. The molecule has 0 saturated carbocycles. The van der Waals surface area contributed by atoms with Crippen molar-refractivity contribution in [3.05, 3.63) is 22.7 Å². The fourth-order valence-corrected chi connectivity index (χ4v) is 1.59. The molecule has 0 aliphatic heterocycles. The van der Waals surface area contributed by atoms with E-state index in [0.717, 1.165) is 0 Å². The Hall–Kier alpha value is -1.46. The Bertz CT molecular complexity index is 404. The molecule has 5 nitrogen and oxygen atoms in total. The summed E-state index contributed by atoms with van der Waals surface area (Å²) in [4.78, 5) is 10.6. The second kappa shape index (κ2) is 5.05. The normalized spacial score (nSPS) is 12.0. The third-order valence-electron chi connectivity index (χ3n) is 2.04. The average molecular weight is 247 g/mol. The first kappa shape index (κ1) is 12.6. The van der Waals surface area contributed by atoms with Gasteiger partial charge in [0.15, 0.2) is 17.6 Å². The summed E-state index contributed by atoms with van der Waals surface area (Å²) in [5.41, 5.74) is 0.0619. The van der Waals surface area contributed by atoms with E-state index in [-0.39, 0.29) is 16.3 Å². The third kappa shape index (κ3) is 2.20.